The molecule has 0 bridgehead atoms. The monoisotopic (exact) mass is 286 g/mol. The standard InChI is InChI=1S/C14H26N2O2S/c1-14(2,15)8-13(17)16(11-5-7-19-10-11)9-12-4-3-6-18-12/h11-12H,3-10,15H2,1-2H3. The van der Waals surface area contributed by atoms with Gasteiger partial charge in [0, 0.05) is 36.9 Å². The van der Waals surface area contributed by atoms with Gasteiger partial charge in [-0.25, -0.2) is 0 Å². The maximum atomic E-state index is 12.5. The van der Waals surface area contributed by atoms with E-state index in [0.717, 1.165) is 43.9 Å². The second kappa shape index (κ2) is 6.46. The average molecular weight is 286 g/mol. The largest absolute Gasteiger partial charge is 0.376 e. The summed E-state index contributed by atoms with van der Waals surface area (Å²) in [6.07, 6.45) is 3.95. The summed E-state index contributed by atoms with van der Waals surface area (Å²) in [5.41, 5.74) is 5.56. The number of rotatable bonds is 5. The molecule has 2 saturated heterocycles. The van der Waals surface area contributed by atoms with Gasteiger partial charge in [0.1, 0.15) is 0 Å². The van der Waals surface area contributed by atoms with Crippen molar-refractivity contribution in [1.82, 2.24) is 4.90 Å². The topological polar surface area (TPSA) is 55.6 Å². The zero-order chi connectivity index (χ0) is 13.9. The summed E-state index contributed by atoms with van der Waals surface area (Å²) in [4.78, 5) is 14.6. The van der Waals surface area contributed by atoms with Crippen molar-refractivity contribution in [3.63, 3.8) is 0 Å². The fourth-order valence-electron chi connectivity index (χ4n) is 2.72. The zero-order valence-electron chi connectivity index (χ0n) is 12.1. The van der Waals surface area contributed by atoms with E-state index in [1.807, 2.05) is 30.5 Å². The van der Waals surface area contributed by atoms with Crippen LogP contribution in [0.3, 0.4) is 0 Å². The lowest BCUT2D eigenvalue weighted by Gasteiger charge is -2.33. The minimum atomic E-state index is -0.433. The molecule has 2 N–H and O–H groups in total. The van der Waals surface area contributed by atoms with Gasteiger partial charge in [-0.3, -0.25) is 4.79 Å². The number of ether oxygens (including phenoxy) is 1. The van der Waals surface area contributed by atoms with Crippen molar-refractivity contribution in [3.05, 3.63) is 0 Å². The van der Waals surface area contributed by atoms with Crippen molar-refractivity contribution < 1.29 is 9.53 Å². The number of amides is 1. The van der Waals surface area contributed by atoms with E-state index >= 15 is 0 Å². The normalized spacial score (nSPS) is 27.7. The maximum Gasteiger partial charge on any atom is 0.224 e. The van der Waals surface area contributed by atoms with Crippen molar-refractivity contribution in [2.75, 3.05) is 24.7 Å². The molecule has 2 atom stereocenters. The molecule has 0 spiro atoms. The second-order valence-electron chi connectivity index (χ2n) is 6.36. The molecule has 1 amide bonds. The number of hydrogen-bond donors (Lipinski definition) is 1. The maximum absolute atomic E-state index is 12.5. The molecule has 0 aromatic carbocycles. The Morgan fingerprint density at radius 3 is 2.79 bits per heavy atom. The molecule has 0 aromatic rings. The Labute approximate surface area is 120 Å². The minimum absolute atomic E-state index is 0.190. The molecule has 2 unspecified atom stereocenters. The first-order chi connectivity index (χ1) is 8.96. The van der Waals surface area contributed by atoms with Crippen molar-refractivity contribution in [3.8, 4) is 0 Å². The summed E-state index contributed by atoms with van der Waals surface area (Å²) < 4.78 is 5.69. The van der Waals surface area contributed by atoms with Crippen LogP contribution in [-0.2, 0) is 9.53 Å². The van der Waals surface area contributed by atoms with Gasteiger partial charge in [0.2, 0.25) is 5.91 Å². The lowest BCUT2D eigenvalue weighted by molar-refractivity contribution is -0.135. The number of thioether (sulfide) groups is 1. The Morgan fingerprint density at radius 2 is 2.26 bits per heavy atom. The van der Waals surface area contributed by atoms with Crippen LogP contribution in [0.15, 0.2) is 0 Å². The number of nitrogens with zero attached hydrogens (tertiary/aromatic N) is 1. The van der Waals surface area contributed by atoms with Crippen molar-refractivity contribution in [2.24, 2.45) is 5.73 Å². The van der Waals surface area contributed by atoms with Crippen LogP contribution in [0.2, 0.25) is 0 Å². The molecule has 2 aliphatic rings. The van der Waals surface area contributed by atoms with E-state index in [0.29, 0.717) is 12.5 Å². The molecule has 0 saturated carbocycles. The van der Waals surface area contributed by atoms with E-state index in [4.69, 9.17) is 10.5 Å². The predicted octanol–water partition coefficient (Wildman–Crippen LogP) is 1.63. The minimum Gasteiger partial charge on any atom is -0.376 e. The first kappa shape index (κ1) is 15.1. The summed E-state index contributed by atoms with van der Waals surface area (Å²) in [5.74, 6) is 2.41. The van der Waals surface area contributed by atoms with Crippen LogP contribution >= 0.6 is 11.8 Å². The molecule has 2 rings (SSSR count). The molecule has 19 heavy (non-hydrogen) atoms. The van der Waals surface area contributed by atoms with E-state index in [2.05, 4.69) is 0 Å². The Balaban J connectivity index is 1.97. The van der Waals surface area contributed by atoms with E-state index < -0.39 is 5.54 Å². The summed E-state index contributed by atoms with van der Waals surface area (Å²) >= 11 is 1.94. The fraction of sp³-hybridized carbons (Fsp3) is 0.929. The molecule has 2 aliphatic heterocycles. The van der Waals surface area contributed by atoms with Crippen LogP contribution in [0.5, 0.6) is 0 Å². The Hall–Kier alpha value is -0.260. The van der Waals surface area contributed by atoms with Crippen molar-refractivity contribution >= 4 is 17.7 Å². The van der Waals surface area contributed by atoms with Gasteiger partial charge in [-0.2, -0.15) is 11.8 Å². The number of carbonyl (C=O) groups is 1. The van der Waals surface area contributed by atoms with Gasteiger partial charge in [0.05, 0.1) is 6.10 Å². The third-order valence-corrected chi connectivity index (χ3v) is 4.84. The molecule has 0 radical (unpaired) electrons. The molecular weight excluding hydrogens is 260 g/mol. The van der Waals surface area contributed by atoms with Gasteiger partial charge >= 0.3 is 0 Å². The summed E-state index contributed by atoms with van der Waals surface area (Å²) in [6.45, 7) is 5.42. The van der Waals surface area contributed by atoms with Gasteiger partial charge in [-0.15, -0.1) is 0 Å². The van der Waals surface area contributed by atoms with Gasteiger partial charge in [-0.05, 0) is 38.9 Å². The van der Waals surface area contributed by atoms with Gasteiger partial charge in [0.25, 0.3) is 0 Å². The lowest BCUT2D eigenvalue weighted by atomic mass is 10.0. The van der Waals surface area contributed by atoms with E-state index in [9.17, 15) is 4.79 Å². The van der Waals surface area contributed by atoms with Crippen LogP contribution in [0, 0.1) is 0 Å². The number of hydrogen-bond acceptors (Lipinski definition) is 4. The molecular formula is C14H26N2O2S. The smallest absolute Gasteiger partial charge is 0.224 e. The third-order valence-electron chi connectivity index (χ3n) is 3.70. The number of carbonyl (C=O) groups excluding carboxylic acids is 1. The molecule has 110 valence electrons. The van der Waals surface area contributed by atoms with Crippen LogP contribution in [0.25, 0.3) is 0 Å². The van der Waals surface area contributed by atoms with Crippen molar-refractivity contribution in [2.45, 2.75) is 57.2 Å². The zero-order valence-corrected chi connectivity index (χ0v) is 12.9. The highest BCUT2D eigenvalue weighted by molar-refractivity contribution is 7.99. The third kappa shape index (κ3) is 4.65. The Kier molecular flexibility index (Phi) is 5.15. The SMILES string of the molecule is CC(C)(N)CC(=O)N(CC1CCCO1)C1CCSC1. The quantitative estimate of drug-likeness (QED) is 0.834. The first-order valence-electron chi connectivity index (χ1n) is 7.23. The van der Waals surface area contributed by atoms with Crippen LogP contribution in [0.1, 0.15) is 39.5 Å². The van der Waals surface area contributed by atoms with Crippen LogP contribution < -0.4 is 5.73 Å². The average Bonchev–Trinajstić information content (AvgIpc) is 2.96. The highest BCUT2D eigenvalue weighted by Crippen LogP contribution is 2.25. The molecule has 2 heterocycles. The summed E-state index contributed by atoms with van der Waals surface area (Å²) in [6, 6.07) is 0.379. The van der Waals surface area contributed by atoms with E-state index in [1.54, 1.807) is 0 Å². The summed E-state index contributed by atoms with van der Waals surface area (Å²) in [7, 11) is 0. The number of nitrogens with two attached hydrogens (primary N) is 1. The predicted molar refractivity (Wildman–Crippen MR) is 79.3 cm³/mol. The van der Waals surface area contributed by atoms with Gasteiger partial charge in [-0.1, -0.05) is 0 Å². The van der Waals surface area contributed by atoms with Crippen LogP contribution in [0.4, 0.5) is 0 Å². The molecule has 5 heteroatoms. The highest BCUT2D eigenvalue weighted by Gasteiger charge is 2.32. The van der Waals surface area contributed by atoms with Gasteiger partial charge < -0.3 is 15.4 Å². The van der Waals surface area contributed by atoms with E-state index in [1.165, 1.54) is 0 Å². The highest BCUT2D eigenvalue weighted by atomic mass is 32.2. The van der Waals surface area contributed by atoms with E-state index in [-0.39, 0.29) is 12.0 Å². The Morgan fingerprint density at radius 1 is 1.47 bits per heavy atom. The van der Waals surface area contributed by atoms with Crippen molar-refractivity contribution in [1.29, 1.82) is 0 Å². The molecule has 0 aromatic heterocycles. The fourth-order valence-corrected chi connectivity index (χ4v) is 3.95. The Bertz CT molecular complexity index is 305. The van der Waals surface area contributed by atoms with Crippen LogP contribution in [-0.4, -0.2) is 53.1 Å². The molecule has 4 nitrogen and oxygen atoms in total. The van der Waals surface area contributed by atoms with Gasteiger partial charge in [0.15, 0.2) is 0 Å². The lowest BCUT2D eigenvalue weighted by Crippen LogP contribution is -2.48. The second-order valence-corrected chi connectivity index (χ2v) is 7.51. The molecule has 2 fully saturated rings. The summed E-state index contributed by atoms with van der Waals surface area (Å²) in [5, 5.41) is 0. The molecule has 0 aliphatic carbocycles. The first-order valence-corrected chi connectivity index (χ1v) is 8.39.